The van der Waals surface area contributed by atoms with E-state index in [1.807, 2.05) is 45.0 Å². The second kappa shape index (κ2) is 12.7. The Morgan fingerprint density at radius 3 is 2.13 bits per heavy atom. The van der Waals surface area contributed by atoms with Gasteiger partial charge in [0.15, 0.2) is 0 Å². The molecule has 3 rings (SSSR count). The Kier molecular flexibility index (Phi) is 9.79. The highest BCUT2D eigenvalue weighted by molar-refractivity contribution is 9.10. The molecule has 3 aromatic rings. The van der Waals surface area contributed by atoms with Crippen molar-refractivity contribution in [1.29, 1.82) is 0 Å². The van der Waals surface area contributed by atoms with Crippen molar-refractivity contribution in [3.63, 3.8) is 0 Å². The normalized spacial score (nSPS) is 12.4. The Balaban J connectivity index is 2.06. The first-order valence-corrected chi connectivity index (χ1v) is 14.6. The highest BCUT2D eigenvalue weighted by atomic mass is 79.9. The zero-order valence-corrected chi connectivity index (χ0v) is 25.1. The number of sulfonamides is 1. The SMILES string of the molecule is COc1ccccc1N(CC(=O)N(Cc1ccc(Br)cc1)[C@@H](C)C(=O)NC(C)(C)C)S(=O)(=O)c1ccccc1. The van der Waals surface area contributed by atoms with Gasteiger partial charge in [0.25, 0.3) is 10.0 Å². The summed E-state index contributed by atoms with van der Waals surface area (Å²) in [6.07, 6.45) is 0. The molecule has 1 N–H and O–H groups in total. The number of benzene rings is 3. The molecule has 0 aliphatic carbocycles. The largest absolute Gasteiger partial charge is 0.495 e. The van der Waals surface area contributed by atoms with Crippen LogP contribution >= 0.6 is 15.9 Å². The number of carbonyl (C=O) groups is 2. The van der Waals surface area contributed by atoms with Gasteiger partial charge in [-0.25, -0.2) is 8.42 Å². The summed E-state index contributed by atoms with van der Waals surface area (Å²) in [5.41, 5.74) is 0.488. The van der Waals surface area contributed by atoms with Crippen LogP contribution in [0.2, 0.25) is 0 Å². The molecular weight excluding hydrogens is 582 g/mol. The molecule has 0 fully saturated rings. The third kappa shape index (κ3) is 7.83. The number of halogens is 1. The van der Waals surface area contributed by atoms with Crippen LogP contribution in [-0.4, -0.2) is 50.4 Å². The van der Waals surface area contributed by atoms with Gasteiger partial charge in [0, 0.05) is 16.6 Å². The van der Waals surface area contributed by atoms with Crippen LogP contribution in [0.4, 0.5) is 5.69 Å². The molecule has 0 aliphatic rings. The molecule has 1 atom stereocenters. The molecule has 39 heavy (non-hydrogen) atoms. The first-order chi connectivity index (χ1) is 18.3. The van der Waals surface area contributed by atoms with E-state index < -0.39 is 34.1 Å². The average molecular weight is 617 g/mol. The lowest BCUT2D eigenvalue weighted by atomic mass is 10.1. The van der Waals surface area contributed by atoms with Crippen LogP contribution in [0.25, 0.3) is 0 Å². The van der Waals surface area contributed by atoms with Crippen LogP contribution in [0.3, 0.4) is 0 Å². The molecule has 208 valence electrons. The molecule has 10 heteroatoms. The number of hydrogen-bond donors (Lipinski definition) is 1. The van der Waals surface area contributed by atoms with E-state index in [4.69, 9.17) is 4.74 Å². The average Bonchev–Trinajstić information content (AvgIpc) is 2.90. The molecule has 0 aliphatic heterocycles. The Morgan fingerprint density at radius 2 is 1.54 bits per heavy atom. The van der Waals surface area contributed by atoms with E-state index >= 15 is 0 Å². The number of carbonyl (C=O) groups excluding carboxylic acids is 2. The lowest BCUT2D eigenvalue weighted by Crippen LogP contribution is -2.54. The Morgan fingerprint density at radius 1 is 0.949 bits per heavy atom. The molecule has 0 spiro atoms. The second-order valence-corrected chi connectivity index (χ2v) is 12.8. The number of rotatable bonds is 10. The van der Waals surface area contributed by atoms with Crippen molar-refractivity contribution >= 4 is 43.5 Å². The fraction of sp³-hybridized carbons (Fsp3) is 0.310. The van der Waals surface area contributed by atoms with Crippen molar-refractivity contribution in [2.45, 2.75) is 50.7 Å². The van der Waals surface area contributed by atoms with Gasteiger partial charge in [-0.3, -0.25) is 13.9 Å². The minimum absolute atomic E-state index is 0.0293. The summed E-state index contributed by atoms with van der Waals surface area (Å²) >= 11 is 3.41. The maximum Gasteiger partial charge on any atom is 0.264 e. The van der Waals surface area contributed by atoms with E-state index in [2.05, 4.69) is 21.2 Å². The molecule has 0 heterocycles. The quantitative estimate of drug-likeness (QED) is 0.347. The zero-order chi connectivity index (χ0) is 28.8. The zero-order valence-electron chi connectivity index (χ0n) is 22.7. The number of amides is 2. The van der Waals surface area contributed by atoms with Crippen molar-refractivity contribution in [3.05, 3.63) is 88.9 Å². The van der Waals surface area contributed by atoms with Crippen LogP contribution in [0.15, 0.2) is 88.2 Å². The Labute approximate surface area is 239 Å². The topological polar surface area (TPSA) is 96.0 Å². The van der Waals surface area contributed by atoms with Crippen molar-refractivity contribution in [2.24, 2.45) is 0 Å². The minimum Gasteiger partial charge on any atom is -0.495 e. The maximum atomic E-state index is 14.0. The third-order valence-electron chi connectivity index (χ3n) is 5.90. The van der Waals surface area contributed by atoms with Gasteiger partial charge >= 0.3 is 0 Å². The first kappa shape index (κ1) is 30.2. The molecule has 2 amide bonds. The highest BCUT2D eigenvalue weighted by Crippen LogP contribution is 2.32. The third-order valence-corrected chi connectivity index (χ3v) is 8.20. The number of methoxy groups -OCH3 is 1. The van der Waals surface area contributed by atoms with Crippen LogP contribution in [0.1, 0.15) is 33.3 Å². The van der Waals surface area contributed by atoms with Crippen molar-refractivity contribution in [3.8, 4) is 5.75 Å². The van der Waals surface area contributed by atoms with E-state index in [0.29, 0.717) is 5.75 Å². The molecule has 0 saturated carbocycles. The van der Waals surface area contributed by atoms with Gasteiger partial charge in [0.1, 0.15) is 18.3 Å². The Hall–Kier alpha value is -3.37. The van der Waals surface area contributed by atoms with Gasteiger partial charge in [-0.2, -0.15) is 0 Å². The fourth-order valence-electron chi connectivity index (χ4n) is 3.91. The van der Waals surface area contributed by atoms with Gasteiger partial charge in [-0.15, -0.1) is 0 Å². The molecule has 0 aromatic heterocycles. The fourth-order valence-corrected chi connectivity index (χ4v) is 5.62. The number of hydrogen-bond acceptors (Lipinski definition) is 5. The standard InChI is InChI=1S/C29H34BrN3O5S/c1-21(28(35)31-29(2,3)4)32(19-22-15-17-23(30)18-16-22)27(34)20-33(25-13-9-10-14-26(25)38-5)39(36,37)24-11-7-6-8-12-24/h6-18,21H,19-20H2,1-5H3,(H,31,35)/t21-/m0/s1. The summed E-state index contributed by atoms with van der Waals surface area (Å²) in [7, 11) is -2.73. The van der Waals surface area contributed by atoms with E-state index in [1.165, 1.54) is 24.1 Å². The summed E-state index contributed by atoms with van der Waals surface area (Å²) in [4.78, 5) is 28.6. The van der Waals surface area contributed by atoms with Crippen LogP contribution in [0.5, 0.6) is 5.75 Å². The van der Waals surface area contributed by atoms with Crippen LogP contribution in [0, 0.1) is 0 Å². The molecule has 0 bridgehead atoms. The predicted molar refractivity (Wildman–Crippen MR) is 156 cm³/mol. The highest BCUT2D eigenvalue weighted by Gasteiger charge is 2.34. The number of anilines is 1. The lowest BCUT2D eigenvalue weighted by molar-refractivity contribution is -0.140. The maximum absolute atomic E-state index is 14.0. The van der Waals surface area contributed by atoms with Crippen molar-refractivity contribution in [1.82, 2.24) is 10.2 Å². The van der Waals surface area contributed by atoms with Crippen LogP contribution < -0.4 is 14.4 Å². The lowest BCUT2D eigenvalue weighted by Gasteiger charge is -2.33. The summed E-state index contributed by atoms with van der Waals surface area (Å²) in [5.74, 6) is -0.592. The minimum atomic E-state index is -4.17. The number of nitrogens with one attached hydrogen (secondary N) is 1. The molecule has 8 nitrogen and oxygen atoms in total. The van der Waals surface area contributed by atoms with Crippen molar-refractivity contribution < 1.29 is 22.7 Å². The number of nitrogens with zero attached hydrogens (tertiary/aromatic N) is 2. The molecular formula is C29H34BrN3O5S. The smallest absolute Gasteiger partial charge is 0.264 e. The van der Waals surface area contributed by atoms with E-state index in [0.717, 1.165) is 14.3 Å². The van der Waals surface area contributed by atoms with E-state index in [-0.39, 0.29) is 23.0 Å². The van der Waals surface area contributed by atoms with Gasteiger partial charge < -0.3 is 15.0 Å². The first-order valence-electron chi connectivity index (χ1n) is 12.4. The van der Waals surface area contributed by atoms with Gasteiger partial charge in [0.2, 0.25) is 11.8 Å². The molecule has 0 saturated heterocycles. The molecule has 0 unspecified atom stereocenters. The summed E-state index contributed by atoms with van der Waals surface area (Å²) in [6, 6.07) is 21.0. The molecule has 0 radical (unpaired) electrons. The van der Waals surface area contributed by atoms with E-state index in [9.17, 15) is 18.0 Å². The number of para-hydroxylation sites is 2. The summed E-state index contributed by atoms with van der Waals surface area (Å²) < 4.78 is 35.1. The Bertz CT molecular complexity index is 1390. The van der Waals surface area contributed by atoms with Crippen LogP contribution in [-0.2, 0) is 26.2 Å². The summed E-state index contributed by atoms with van der Waals surface area (Å²) in [6.45, 7) is 6.77. The van der Waals surface area contributed by atoms with E-state index in [1.54, 1.807) is 49.4 Å². The summed E-state index contributed by atoms with van der Waals surface area (Å²) in [5, 5.41) is 2.92. The molecule has 3 aromatic carbocycles. The second-order valence-electron chi connectivity index (χ2n) is 10.1. The van der Waals surface area contributed by atoms with Gasteiger partial charge in [-0.1, -0.05) is 58.4 Å². The number of ether oxygens (including phenoxy) is 1. The van der Waals surface area contributed by atoms with Gasteiger partial charge in [-0.05, 0) is 69.7 Å². The monoisotopic (exact) mass is 615 g/mol. The van der Waals surface area contributed by atoms with Gasteiger partial charge in [0.05, 0.1) is 17.7 Å². The van der Waals surface area contributed by atoms with Crippen molar-refractivity contribution in [2.75, 3.05) is 18.0 Å². The predicted octanol–water partition coefficient (Wildman–Crippen LogP) is 4.99.